The van der Waals surface area contributed by atoms with Gasteiger partial charge in [0, 0.05) is 0 Å². The number of amides is 1. The van der Waals surface area contributed by atoms with Crippen molar-refractivity contribution in [2.75, 3.05) is 12.4 Å². The van der Waals surface area contributed by atoms with Crippen molar-refractivity contribution in [3.63, 3.8) is 0 Å². The number of methoxy groups -OCH3 is 1. The number of nitrogens with one attached hydrogen (secondary N) is 1. The van der Waals surface area contributed by atoms with Crippen LogP contribution >= 0.6 is 11.3 Å². The van der Waals surface area contributed by atoms with E-state index in [1.165, 1.54) is 24.0 Å². The second kappa shape index (κ2) is 7.39. The Morgan fingerprint density at radius 2 is 2.00 bits per heavy atom. The summed E-state index contributed by atoms with van der Waals surface area (Å²) in [6.07, 6.45) is 0.767. The molecule has 0 radical (unpaired) electrons. The Balaban J connectivity index is 1.78. The first-order chi connectivity index (χ1) is 12.1. The predicted octanol–water partition coefficient (Wildman–Crippen LogP) is 2.31. The number of carbonyl (C=O) groups is 1. The summed E-state index contributed by atoms with van der Waals surface area (Å²) in [4.78, 5) is 12.4. The van der Waals surface area contributed by atoms with Crippen LogP contribution in [0.4, 0.5) is 5.13 Å². The number of ether oxygens (including phenoxy) is 1. The van der Waals surface area contributed by atoms with Crippen LogP contribution in [0.5, 0.6) is 5.88 Å². The van der Waals surface area contributed by atoms with Crippen molar-refractivity contribution >= 4 is 22.4 Å². The van der Waals surface area contributed by atoms with Gasteiger partial charge in [0.05, 0.1) is 13.7 Å². The highest BCUT2D eigenvalue weighted by molar-refractivity contribution is 7.15. The van der Waals surface area contributed by atoms with Crippen LogP contribution in [0.15, 0.2) is 24.3 Å². The molecule has 2 heterocycles. The molecule has 130 valence electrons. The third kappa shape index (κ3) is 3.82. The average Bonchev–Trinajstić information content (AvgIpc) is 3.23. The predicted molar refractivity (Wildman–Crippen MR) is 94.1 cm³/mol. The van der Waals surface area contributed by atoms with E-state index in [0.29, 0.717) is 17.6 Å². The van der Waals surface area contributed by atoms with Crippen LogP contribution in [-0.4, -0.2) is 38.2 Å². The molecular formula is C16H18N6O2S. The third-order valence-corrected chi connectivity index (χ3v) is 4.52. The minimum Gasteiger partial charge on any atom is -0.479 e. The van der Waals surface area contributed by atoms with Crippen LogP contribution in [0, 0.1) is 6.92 Å². The second-order valence-electron chi connectivity index (χ2n) is 5.40. The van der Waals surface area contributed by atoms with Gasteiger partial charge < -0.3 is 4.74 Å². The number of carbonyl (C=O) groups excluding carboxylic acids is 1. The maximum atomic E-state index is 12.4. The molecule has 2 aromatic heterocycles. The molecular weight excluding hydrogens is 340 g/mol. The zero-order valence-electron chi connectivity index (χ0n) is 14.2. The Kier molecular flexibility index (Phi) is 5.03. The minimum absolute atomic E-state index is 0.114. The van der Waals surface area contributed by atoms with E-state index < -0.39 is 5.91 Å². The molecule has 0 saturated heterocycles. The second-order valence-corrected chi connectivity index (χ2v) is 6.46. The van der Waals surface area contributed by atoms with Crippen LogP contribution in [0.25, 0.3) is 0 Å². The average molecular weight is 358 g/mol. The van der Waals surface area contributed by atoms with Gasteiger partial charge in [-0.3, -0.25) is 10.1 Å². The van der Waals surface area contributed by atoms with Crippen molar-refractivity contribution in [1.29, 1.82) is 0 Å². The monoisotopic (exact) mass is 358 g/mol. The molecule has 1 amide bonds. The van der Waals surface area contributed by atoms with E-state index in [9.17, 15) is 4.79 Å². The molecule has 0 unspecified atom stereocenters. The molecule has 9 heteroatoms. The highest BCUT2D eigenvalue weighted by Gasteiger charge is 2.22. The zero-order valence-corrected chi connectivity index (χ0v) is 15.0. The molecule has 0 aliphatic carbocycles. The van der Waals surface area contributed by atoms with Gasteiger partial charge in [-0.1, -0.05) is 53.3 Å². The van der Waals surface area contributed by atoms with Crippen molar-refractivity contribution < 1.29 is 9.53 Å². The van der Waals surface area contributed by atoms with Gasteiger partial charge in [-0.15, -0.1) is 15.3 Å². The smallest absolute Gasteiger partial charge is 0.283 e. The Labute approximate surface area is 148 Å². The number of rotatable bonds is 6. The summed E-state index contributed by atoms with van der Waals surface area (Å²) in [6.45, 7) is 4.47. The van der Waals surface area contributed by atoms with Crippen molar-refractivity contribution in [2.45, 2.75) is 26.8 Å². The summed E-state index contributed by atoms with van der Waals surface area (Å²) in [6, 6.07) is 8.05. The first kappa shape index (κ1) is 17.0. The summed E-state index contributed by atoms with van der Waals surface area (Å²) >= 11 is 1.33. The topological polar surface area (TPSA) is 94.8 Å². The molecule has 0 aliphatic rings. The van der Waals surface area contributed by atoms with Crippen LogP contribution < -0.4 is 10.1 Å². The zero-order chi connectivity index (χ0) is 17.8. The maximum absolute atomic E-state index is 12.4. The fraction of sp³-hybridized carbons (Fsp3) is 0.312. The van der Waals surface area contributed by atoms with Gasteiger partial charge in [-0.05, 0) is 18.9 Å². The molecule has 0 bridgehead atoms. The molecule has 3 aromatic rings. The van der Waals surface area contributed by atoms with E-state index in [1.54, 1.807) is 4.68 Å². The van der Waals surface area contributed by atoms with E-state index in [1.807, 2.05) is 38.1 Å². The Morgan fingerprint density at radius 1 is 1.24 bits per heavy atom. The summed E-state index contributed by atoms with van der Waals surface area (Å²) in [7, 11) is 1.49. The molecule has 0 atom stereocenters. The van der Waals surface area contributed by atoms with E-state index in [0.717, 1.165) is 17.0 Å². The lowest BCUT2D eigenvalue weighted by atomic mass is 10.1. The maximum Gasteiger partial charge on any atom is 0.283 e. The number of hydrogen-bond donors (Lipinski definition) is 1. The largest absolute Gasteiger partial charge is 0.479 e. The summed E-state index contributed by atoms with van der Waals surface area (Å²) in [5.41, 5.74) is 2.33. The van der Waals surface area contributed by atoms with Crippen molar-refractivity contribution in [3.8, 4) is 5.88 Å². The van der Waals surface area contributed by atoms with Crippen LogP contribution in [0.1, 0.15) is 33.5 Å². The first-order valence-electron chi connectivity index (χ1n) is 7.77. The number of anilines is 1. The molecule has 0 aliphatic heterocycles. The first-order valence-corrected chi connectivity index (χ1v) is 8.59. The van der Waals surface area contributed by atoms with Crippen LogP contribution in [0.3, 0.4) is 0 Å². The lowest BCUT2D eigenvalue weighted by molar-refractivity contribution is 0.101. The SMILES string of the molecule is CCc1nnc(NC(=O)c2nnn(Cc3ccc(C)cc3)c2OC)s1. The third-order valence-electron chi connectivity index (χ3n) is 3.54. The van der Waals surface area contributed by atoms with E-state index in [2.05, 4.69) is 25.8 Å². The van der Waals surface area contributed by atoms with E-state index in [-0.39, 0.29) is 5.69 Å². The molecule has 0 fully saturated rings. The van der Waals surface area contributed by atoms with Gasteiger partial charge >= 0.3 is 0 Å². The summed E-state index contributed by atoms with van der Waals surface area (Å²) < 4.78 is 6.89. The molecule has 0 spiro atoms. The van der Waals surface area contributed by atoms with Gasteiger partial charge in [0.25, 0.3) is 5.91 Å². The highest BCUT2D eigenvalue weighted by Crippen LogP contribution is 2.20. The quantitative estimate of drug-likeness (QED) is 0.726. The molecule has 1 N–H and O–H groups in total. The molecule has 3 rings (SSSR count). The standard InChI is InChI=1S/C16H18N6O2S/c1-4-12-18-20-16(25-12)17-14(23)13-15(24-3)22(21-19-13)9-11-7-5-10(2)6-8-11/h5-8H,4,9H2,1-3H3,(H,17,20,23). The highest BCUT2D eigenvalue weighted by atomic mass is 32.1. The van der Waals surface area contributed by atoms with Gasteiger partial charge in [0.1, 0.15) is 5.01 Å². The van der Waals surface area contributed by atoms with Crippen molar-refractivity contribution in [2.24, 2.45) is 0 Å². The fourth-order valence-electron chi connectivity index (χ4n) is 2.22. The van der Waals surface area contributed by atoms with E-state index in [4.69, 9.17) is 4.74 Å². The number of benzene rings is 1. The Morgan fingerprint density at radius 3 is 2.64 bits per heavy atom. The number of nitrogens with zero attached hydrogens (tertiary/aromatic N) is 5. The minimum atomic E-state index is -0.425. The molecule has 1 aromatic carbocycles. The van der Waals surface area contributed by atoms with E-state index >= 15 is 0 Å². The van der Waals surface area contributed by atoms with Crippen molar-refractivity contribution in [1.82, 2.24) is 25.2 Å². The lowest BCUT2D eigenvalue weighted by Crippen LogP contribution is -2.14. The van der Waals surface area contributed by atoms with Crippen LogP contribution in [-0.2, 0) is 13.0 Å². The fourth-order valence-corrected chi connectivity index (χ4v) is 2.90. The van der Waals surface area contributed by atoms with Gasteiger partial charge in [-0.2, -0.15) is 0 Å². The number of hydrogen-bond acceptors (Lipinski definition) is 7. The lowest BCUT2D eigenvalue weighted by Gasteiger charge is -2.06. The Bertz CT molecular complexity index is 871. The molecule has 25 heavy (non-hydrogen) atoms. The van der Waals surface area contributed by atoms with Crippen molar-refractivity contribution in [3.05, 3.63) is 46.1 Å². The molecule has 8 nitrogen and oxygen atoms in total. The molecule has 0 saturated carbocycles. The number of aromatic nitrogens is 5. The van der Waals surface area contributed by atoms with Gasteiger partial charge in [0.2, 0.25) is 16.7 Å². The summed E-state index contributed by atoms with van der Waals surface area (Å²) in [5.74, 6) is -0.121. The Hall–Kier alpha value is -2.81. The summed E-state index contributed by atoms with van der Waals surface area (Å²) in [5, 5.41) is 19.9. The van der Waals surface area contributed by atoms with Crippen LogP contribution in [0.2, 0.25) is 0 Å². The van der Waals surface area contributed by atoms with Gasteiger partial charge in [0.15, 0.2) is 0 Å². The van der Waals surface area contributed by atoms with Gasteiger partial charge in [-0.25, -0.2) is 4.68 Å². The number of aryl methyl sites for hydroxylation is 2. The normalized spacial score (nSPS) is 10.7.